The van der Waals surface area contributed by atoms with Crippen LogP contribution in [-0.4, -0.2) is 31.1 Å². The molecule has 0 spiro atoms. The minimum Gasteiger partial charge on any atom is -0.316 e. The summed E-state index contributed by atoms with van der Waals surface area (Å²) in [5.41, 5.74) is 1.42. The number of fused-ring (bicyclic) bond motifs is 1. The molecule has 0 amide bonds. The van der Waals surface area contributed by atoms with E-state index < -0.39 is 0 Å². The maximum atomic E-state index is 3.57. The fraction of sp³-hybridized carbons (Fsp3) is 0.600. The molecule has 2 nitrogen and oxygen atoms in total. The van der Waals surface area contributed by atoms with Gasteiger partial charge in [0, 0.05) is 17.1 Å². The first kappa shape index (κ1) is 12.6. The Morgan fingerprint density at radius 1 is 1.33 bits per heavy atom. The van der Waals surface area contributed by atoms with E-state index in [0.29, 0.717) is 6.04 Å². The maximum absolute atomic E-state index is 3.57. The van der Waals surface area contributed by atoms with E-state index >= 15 is 0 Å². The summed E-state index contributed by atoms with van der Waals surface area (Å²) in [6, 6.07) is 9.27. The Labute approximate surface area is 118 Å². The highest BCUT2D eigenvalue weighted by Crippen LogP contribution is 2.32. The number of hydrogen-bond donors (Lipinski definition) is 1. The maximum Gasteiger partial charge on any atom is 0.0320 e. The Hall–Kier alpha value is -0.380. The van der Waals surface area contributed by atoms with Crippen molar-refractivity contribution in [3.05, 3.63) is 34.3 Å². The highest BCUT2D eigenvalue weighted by molar-refractivity contribution is 9.10. The summed E-state index contributed by atoms with van der Waals surface area (Å²) >= 11 is 3.57. The van der Waals surface area contributed by atoms with Gasteiger partial charge in [0.15, 0.2) is 0 Å². The molecule has 2 heterocycles. The van der Waals surface area contributed by atoms with Gasteiger partial charge in [-0.15, -0.1) is 0 Å². The summed E-state index contributed by atoms with van der Waals surface area (Å²) in [7, 11) is 0. The minimum absolute atomic E-state index is 0.532. The SMILES string of the molecule is CC(c1cccc(Br)c1)N1CCC2CNCC2C1. The van der Waals surface area contributed by atoms with Crippen molar-refractivity contribution in [3.63, 3.8) is 0 Å². The fourth-order valence-electron chi connectivity index (χ4n) is 3.39. The van der Waals surface area contributed by atoms with Crippen LogP contribution >= 0.6 is 15.9 Å². The van der Waals surface area contributed by atoms with E-state index in [4.69, 9.17) is 0 Å². The Bertz CT molecular complexity index is 421. The average Bonchev–Trinajstić information content (AvgIpc) is 2.85. The van der Waals surface area contributed by atoms with Gasteiger partial charge in [-0.25, -0.2) is 0 Å². The quantitative estimate of drug-likeness (QED) is 0.903. The molecule has 3 atom stereocenters. The number of hydrogen-bond acceptors (Lipinski definition) is 2. The van der Waals surface area contributed by atoms with Crippen LogP contribution in [0.3, 0.4) is 0 Å². The van der Waals surface area contributed by atoms with Crippen LogP contribution in [-0.2, 0) is 0 Å². The van der Waals surface area contributed by atoms with Crippen LogP contribution < -0.4 is 5.32 Å². The third kappa shape index (κ3) is 2.49. The Balaban J connectivity index is 1.71. The van der Waals surface area contributed by atoms with Crippen molar-refractivity contribution in [3.8, 4) is 0 Å². The van der Waals surface area contributed by atoms with Crippen molar-refractivity contribution in [2.24, 2.45) is 11.8 Å². The van der Waals surface area contributed by atoms with E-state index in [1.165, 1.54) is 42.6 Å². The number of nitrogens with zero attached hydrogens (tertiary/aromatic N) is 1. The largest absolute Gasteiger partial charge is 0.316 e. The van der Waals surface area contributed by atoms with Crippen molar-refractivity contribution in [2.45, 2.75) is 19.4 Å². The summed E-state index contributed by atoms with van der Waals surface area (Å²) in [6.45, 7) is 7.29. The Kier molecular flexibility index (Phi) is 3.73. The molecular weight excluding hydrogens is 288 g/mol. The second-order valence-corrected chi connectivity index (χ2v) is 6.61. The van der Waals surface area contributed by atoms with Gasteiger partial charge in [-0.05, 0) is 62.5 Å². The second-order valence-electron chi connectivity index (χ2n) is 5.69. The van der Waals surface area contributed by atoms with E-state index in [1.54, 1.807) is 0 Å². The number of rotatable bonds is 2. The molecule has 1 aromatic rings. The van der Waals surface area contributed by atoms with Crippen LogP contribution in [0.25, 0.3) is 0 Å². The second kappa shape index (κ2) is 5.32. The number of benzene rings is 1. The van der Waals surface area contributed by atoms with Gasteiger partial charge in [0.2, 0.25) is 0 Å². The van der Waals surface area contributed by atoms with Gasteiger partial charge >= 0.3 is 0 Å². The van der Waals surface area contributed by atoms with Gasteiger partial charge < -0.3 is 5.32 Å². The van der Waals surface area contributed by atoms with Gasteiger partial charge in [0.05, 0.1) is 0 Å². The zero-order valence-electron chi connectivity index (χ0n) is 10.9. The van der Waals surface area contributed by atoms with E-state index in [2.05, 4.69) is 57.3 Å². The molecule has 2 aliphatic heterocycles. The van der Waals surface area contributed by atoms with Crippen LogP contribution in [0.15, 0.2) is 28.7 Å². The molecule has 0 aliphatic carbocycles. The lowest BCUT2D eigenvalue weighted by Gasteiger charge is -2.38. The molecule has 98 valence electrons. The Morgan fingerprint density at radius 2 is 2.17 bits per heavy atom. The van der Waals surface area contributed by atoms with Gasteiger partial charge in [0.1, 0.15) is 0 Å². The summed E-state index contributed by atoms with van der Waals surface area (Å²) in [6.07, 6.45) is 1.36. The number of nitrogens with one attached hydrogen (secondary N) is 1. The molecule has 18 heavy (non-hydrogen) atoms. The van der Waals surface area contributed by atoms with E-state index in [1.807, 2.05) is 0 Å². The lowest BCUT2D eigenvalue weighted by atomic mass is 9.87. The molecule has 2 saturated heterocycles. The van der Waals surface area contributed by atoms with Gasteiger partial charge in [0.25, 0.3) is 0 Å². The van der Waals surface area contributed by atoms with Gasteiger partial charge in [-0.2, -0.15) is 0 Å². The molecular formula is C15H21BrN2. The zero-order chi connectivity index (χ0) is 12.5. The van der Waals surface area contributed by atoms with Crippen molar-refractivity contribution in [1.29, 1.82) is 0 Å². The lowest BCUT2D eigenvalue weighted by Crippen LogP contribution is -2.41. The van der Waals surface area contributed by atoms with Crippen molar-refractivity contribution in [1.82, 2.24) is 10.2 Å². The highest BCUT2D eigenvalue weighted by Gasteiger charge is 2.34. The molecule has 2 aliphatic rings. The lowest BCUT2D eigenvalue weighted by molar-refractivity contribution is 0.111. The summed E-state index contributed by atoms with van der Waals surface area (Å²) < 4.78 is 1.18. The third-order valence-corrected chi connectivity index (χ3v) is 5.11. The van der Waals surface area contributed by atoms with E-state index in [-0.39, 0.29) is 0 Å². The molecule has 1 N–H and O–H groups in total. The standard InChI is InChI=1S/C15H21BrN2/c1-11(12-3-2-4-15(16)7-12)18-6-5-13-8-17-9-14(13)10-18/h2-4,7,11,13-14,17H,5-6,8-10H2,1H3. The molecule has 0 saturated carbocycles. The van der Waals surface area contributed by atoms with Crippen LogP contribution in [0.1, 0.15) is 24.9 Å². The summed E-state index contributed by atoms with van der Waals surface area (Å²) in [5, 5.41) is 3.54. The third-order valence-electron chi connectivity index (χ3n) is 4.61. The molecule has 2 fully saturated rings. The number of likely N-dealkylation sites (tertiary alicyclic amines) is 1. The van der Waals surface area contributed by atoms with Gasteiger partial charge in [-0.3, -0.25) is 4.90 Å². The smallest absolute Gasteiger partial charge is 0.0320 e. The van der Waals surface area contributed by atoms with Crippen LogP contribution in [0.4, 0.5) is 0 Å². The van der Waals surface area contributed by atoms with Crippen LogP contribution in [0.5, 0.6) is 0 Å². The molecule has 3 rings (SSSR count). The van der Waals surface area contributed by atoms with Crippen LogP contribution in [0.2, 0.25) is 0 Å². The summed E-state index contributed by atoms with van der Waals surface area (Å²) in [5.74, 6) is 1.80. The predicted octanol–water partition coefficient (Wildman–Crippen LogP) is 3.05. The minimum atomic E-state index is 0.532. The monoisotopic (exact) mass is 308 g/mol. The van der Waals surface area contributed by atoms with E-state index in [9.17, 15) is 0 Å². The first-order valence-electron chi connectivity index (χ1n) is 6.94. The molecule has 0 bridgehead atoms. The van der Waals surface area contributed by atoms with Crippen molar-refractivity contribution in [2.75, 3.05) is 26.2 Å². The molecule has 3 heteroatoms. The van der Waals surface area contributed by atoms with Crippen LogP contribution in [0, 0.1) is 11.8 Å². The average molecular weight is 309 g/mol. The first-order chi connectivity index (χ1) is 8.74. The topological polar surface area (TPSA) is 15.3 Å². The highest BCUT2D eigenvalue weighted by atomic mass is 79.9. The molecule has 3 unspecified atom stereocenters. The zero-order valence-corrected chi connectivity index (χ0v) is 12.5. The van der Waals surface area contributed by atoms with Crippen molar-refractivity contribution >= 4 is 15.9 Å². The number of halogens is 1. The number of piperidine rings is 1. The first-order valence-corrected chi connectivity index (χ1v) is 7.73. The van der Waals surface area contributed by atoms with E-state index in [0.717, 1.165) is 11.8 Å². The molecule has 1 aromatic carbocycles. The predicted molar refractivity (Wildman–Crippen MR) is 78.6 cm³/mol. The Morgan fingerprint density at radius 3 is 3.00 bits per heavy atom. The fourth-order valence-corrected chi connectivity index (χ4v) is 3.81. The normalized spacial score (nSPS) is 30.1. The molecule has 0 aromatic heterocycles. The summed E-state index contributed by atoms with van der Waals surface area (Å²) in [4.78, 5) is 2.65. The molecule has 0 radical (unpaired) electrons. The van der Waals surface area contributed by atoms with Gasteiger partial charge in [-0.1, -0.05) is 28.1 Å². The van der Waals surface area contributed by atoms with Crippen molar-refractivity contribution < 1.29 is 0 Å².